The lowest BCUT2D eigenvalue weighted by atomic mass is 9.99. The van der Waals surface area contributed by atoms with E-state index in [-0.39, 0.29) is 0 Å². The highest BCUT2D eigenvalue weighted by molar-refractivity contribution is 5.50. The molecule has 1 aromatic rings. The van der Waals surface area contributed by atoms with Gasteiger partial charge in [0.05, 0.1) is 20.3 Å². The van der Waals surface area contributed by atoms with Gasteiger partial charge in [-0.1, -0.05) is 0 Å². The Balaban J connectivity index is 2.40. The predicted octanol–water partition coefficient (Wildman–Crippen LogP) is 1.59. The smallest absolute Gasteiger partial charge is 0.130 e. The van der Waals surface area contributed by atoms with Gasteiger partial charge in [-0.15, -0.1) is 0 Å². The number of ether oxygens (including phenoxy) is 2. The largest absolute Gasteiger partial charge is 0.496 e. The Kier molecular flexibility index (Phi) is 4.09. The van der Waals surface area contributed by atoms with Crippen LogP contribution in [0.1, 0.15) is 17.2 Å². The number of hydrogen-bond donors (Lipinski definition) is 1. The van der Waals surface area contributed by atoms with E-state index in [0.717, 1.165) is 36.7 Å². The molecule has 0 spiro atoms. The van der Waals surface area contributed by atoms with E-state index in [1.54, 1.807) is 14.2 Å². The number of nitrogens with one attached hydrogen (secondary N) is 1. The second kappa shape index (κ2) is 5.59. The normalized spacial score (nSPS) is 20.8. The van der Waals surface area contributed by atoms with Crippen molar-refractivity contribution in [1.82, 2.24) is 10.2 Å². The minimum Gasteiger partial charge on any atom is -0.496 e. The van der Waals surface area contributed by atoms with Crippen molar-refractivity contribution in [2.45, 2.75) is 13.0 Å². The second-order valence-corrected chi connectivity index (χ2v) is 4.72. The molecule has 1 N–H and O–H groups in total. The highest BCUT2D eigenvalue weighted by atomic mass is 16.5. The number of piperazine rings is 1. The van der Waals surface area contributed by atoms with E-state index < -0.39 is 0 Å². The fourth-order valence-electron chi connectivity index (χ4n) is 2.60. The van der Waals surface area contributed by atoms with Crippen LogP contribution < -0.4 is 14.8 Å². The van der Waals surface area contributed by atoms with Crippen molar-refractivity contribution in [2.75, 3.05) is 40.9 Å². The van der Waals surface area contributed by atoms with Crippen LogP contribution in [0, 0.1) is 6.92 Å². The van der Waals surface area contributed by atoms with Gasteiger partial charge in [-0.2, -0.15) is 0 Å². The van der Waals surface area contributed by atoms with Gasteiger partial charge in [0.15, 0.2) is 0 Å². The van der Waals surface area contributed by atoms with Gasteiger partial charge in [-0.05, 0) is 26.1 Å². The van der Waals surface area contributed by atoms with Gasteiger partial charge in [0.2, 0.25) is 0 Å². The zero-order chi connectivity index (χ0) is 13.1. The molecule has 0 aliphatic carbocycles. The topological polar surface area (TPSA) is 33.7 Å². The van der Waals surface area contributed by atoms with Crippen LogP contribution in [-0.2, 0) is 0 Å². The molecular formula is C14H22N2O2. The second-order valence-electron chi connectivity index (χ2n) is 4.72. The van der Waals surface area contributed by atoms with Crippen molar-refractivity contribution >= 4 is 0 Å². The van der Waals surface area contributed by atoms with Gasteiger partial charge in [0.1, 0.15) is 11.5 Å². The first-order valence-electron chi connectivity index (χ1n) is 6.31. The van der Waals surface area contributed by atoms with E-state index in [4.69, 9.17) is 9.47 Å². The number of methoxy groups -OCH3 is 2. The minimum absolute atomic E-state index is 0.360. The fraction of sp³-hybridized carbons (Fsp3) is 0.571. The lowest BCUT2D eigenvalue weighted by Gasteiger charge is -2.34. The van der Waals surface area contributed by atoms with Crippen molar-refractivity contribution in [1.29, 1.82) is 0 Å². The summed E-state index contributed by atoms with van der Waals surface area (Å²) >= 11 is 0. The maximum atomic E-state index is 5.59. The molecule has 2 rings (SSSR count). The van der Waals surface area contributed by atoms with Crippen molar-refractivity contribution in [2.24, 2.45) is 0 Å². The van der Waals surface area contributed by atoms with Gasteiger partial charge in [-0.3, -0.25) is 4.90 Å². The molecule has 4 nitrogen and oxygen atoms in total. The summed E-state index contributed by atoms with van der Waals surface area (Å²) in [7, 11) is 5.57. The van der Waals surface area contributed by atoms with Gasteiger partial charge >= 0.3 is 0 Å². The Morgan fingerprint density at radius 3 is 2.67 bits per heavy atom. The first kappa shape index (κ1) is 13.2. The zero-order valence-corrected chi connectivity index (χ0v) is 11.6. The molecule has 1 aliphatic heterocycles. The van der Waals surface area contributed by atoms with Crippen molar-refractivity contribution in [3.63, 3.8) is 0 Å². The molecule has 1 heterocycles. The monoisotopic (exact) mass is 250 g/mol. The third-order valence-corrected chi connectivity index (χ3v) is 3.68. The molecule has 0 saturated carbocycles. The van der Waals surface area contributed by atoms with E-state index in [9.17, 15) is 0 Å². The summed E-state index contributed by atoms with van der Waals surface area (Å²) in [5.74, 6) is 1.82. The van der Waals surface area contributed by atoms with Crippen LogP contribution in [0.3, 0.4) is 0 Å². The van der Waals surface area contributed by atoms with Crippen LogP contribution in [0.2, 0.25) is 0 Å². The maximum absolute atomic E-state index is 5.59. The number of rotatable bonds is 3. The van der Waals surface area contributed by atoms with E-state index in [2.05, 4.69) is 23.3 Å². The molecule has 1 aromatic carbocycles. The van der Waals surface area contributed by atoms with Crippen LogP contribution in [0.4, 0.5) is 0 Å². The molecule has 1 saturated heterocycles. The molecule has 1 fully saturated rings. The van der Waals surface area contributed by atoms with Crippen molar-refractivity contribution in [3.8, 4) is 11.5 Å². The summed E-state index contributed by atoms with van der Waals surface area (Å²) in [5, 5.41) is 3.43. The van der Waals surface area contributed by atoms with E-state index in [1.165, 1.54) is 5.56 Å². The van der Waals surface area contributed by atoms with Gasteiger partial charge in [0.25, 0.3) is 0 Å². The van der Waals surface area contributed by atoms with Crippen LogP contribution in [-0.4, -0.2) is 45.8 Å². The molecule has 4 heteroatoms. The minimum atomic E-state index is 0.360. The van der Waals surface area contributed by atoms with E-state index >= 15 is 0 Å². The maximum Gasteiger partial charge on any atom is 0.130 e. The molecular weight excluding hydrogens is 228 g/mol. The Morgan fingerprint density at radius 2 is 2.06 bits per heavy atom. The molecule has 0 aromatic heterocycles. The van der Waals surface area contributed by atoms with Gasteiger partial charge < -0.3 is 14.8 Å². The van der Waals surface area contributed by atoms with Crippen LogP contribution >= 0.6 is 0 Å². The summed E-state index contributed by atoms with van der Waals surface area (Å²) in [6, 6.07) is 4.49. The average molecular weight is 250 g/mol. The first-order valence-corrected chi connectivity index (χ1v) is 6.31. The average Bonchev–Trinajstić information content (AvgIpc) is 2.39. The first-order chi connectivity index (χ1) is 8.69. The quantitative estimate of drug-likeness (QED) is 0.883. The van der Waals surface area contributed by atoms with Crippen molar-refractivity contribution in [3.05, 3.63) is 23.3 Å². The molecule has 18 heavy (non-hydrogen) atoms. The Bertz CT molecular complexity index is 421. The Hall–Kier alpha value is -1.26. The van der Waals surface area contributed by atoms with Crippen LogP contribution in [0.15, 0.2) is 12.1 Å². The van der Waals surface area contributed by atoms with E-state index in [1.807, 2.05) is 13.0 Å². The van der Waals surface area contributed by atoms with Crippen molar-refractivity contribution < 1.29 is 9.47 Å². The van der Waals surface area contributed by atoms with E-state index in [0.29, 0.717) is 6.04 Å². The highest BCUT2D eigenvalue weighted by Gasteiger charge is 2.25. The summed E-state index contributed by atoms with van der Waals surface area (Å²) in [4.78, 5) is 2.36. The lowest BCUT2D eigenvalue weighted by Crippen LogP contribution is -2.43. The summed E-state index contributed by atoms with van der Waals surface area (Å²) in [6.07, 6.45) is 0. The number of likely N-dealkylation sites (N-methyl/N-ethyl adjacent to an activating group) is 1. The molecule has 1 aliphatic rings. The lowest BCUT2D eigenvalue weighted by molar-refractivity contribution is 0.198. The zero-order valence-electron chi connectivity index (χ0n) is 11.6. The Labute approximate surface area is 109 Å². The summed E-state index contributed by atoms with van der Waals surface area (Å²) in [6.45, 7) is 5.10. The molecule has 1 unspecified atom stereocenters. The molecule has 1 atom stereocenters. The van der Waals surface area contributed by atoms with Gasteiger partial charge in [-0.25, -0.2) is 0 Å². The number of nitrogens with zero attached hydrogens (tertiary/aromatic N) is 1. The molecule has 0 amide bonds. The number of benzene rings is 1. The predicted molar refractivity (Wildman–Crippen MR) is 72.5 cm³/mol. The van der Waals surface area contributed by atoms with Crippen LogP contribution in [0.5, 0.6) is 11.5 Å². The highest BCUT2D eigenvalue weighted by Crippen LogP contribution is 2.36. The molecule has 100 valence electrons. The Morgan fingerprint density at radius 1 is 1.28 bits per heavy atom. The van der Waals surface area contributed by atoms with Crippen LogP contribution in [0.25, 0.3) is 0 Å². The third-order valence-electron chi connectivity index (χ3n) is 3.68. The molecule has 0 radical (unpaired) electrons. The summed E-state index contributed by atoms with van der Waals surface area (Å²) in [5.41, 5.74) is 2.29. The SMILES string of the molecule is COc1ccc(C2CNCCN2C)c(OC)c1C. The fourth-order valence-corrected chi connectivity index (χ4v) is 2.60. The third kappa shape index (κ3) is 2.31. The van der Waals surface area contributed by atoms with Gasteiger partial charge in [0, 0.05) is 30.8 Å². The number of hydrogen-bond acceptors (Lipinski definition) is 4. The standard InChI is InChI=1S/C14H22N2O2/c1-10-13(17-3)6-5-11(14(10)18-4)12-9-15-7-8-16(12)2/h5-6,12,15H,7-9H2,1-4H3. The molecule has 0 bridgehead atoms. The summed E-state index contributed by atoms with van der Waals surface area (Å²) < 4.78 is 10.9.